The molecule has 1 N–H and O–H groups in total. The zero-order chi connectivity index (χ0) is 12.5. The average Bonchev–Trinajstić information content (AvgIpc) is 3.19. The van der Waals surface area contributed by atoms with Gasteiger partial charge in [0.1, 0.15) is 17.3 Å². The van der Waals surface area contributed by atoms with Gasteiger partial charge in [-0.15, -0.1) is 0 Å². The third kappa shape index (κ3) is 2.50. The molecule has 18 heavy (non-hydrogen) atoms. The first-order valence-corrected chi connectivity index (χ1v) is 6.94. The van der Waals surface area contributed by atoms with Crippen LogP contribution < -0.4 is 5.32 Å². The molecule has 1 aromatic rings. The molecule has 1 nitrogen and oxygen atoms in total. The number of hydrogen-bond acceptors (Lipinski definition) is 1. The molecule has 2 unspecified atom stereocenters. The fourth-order valence-corrected chi connectivity index (χ4v) is 3.19. The third-order valence-corrected chi connectivity index (χ3v) is 4.31. The first kappa shape index (κ1) is 11.9. The van der Waals surface area contributed by atoms with E-state index < -0.39 is 11.6 Å². The number of rotatable bonds is 3. The predicted octanol–water partition coefficient (Wildman–Crippen LogP) is 4.35. The van der Waals surface area contributed by atoms with Gasteiger partial charge in [-0.05, 0) is 49.7 Å². The summed E-state index contributed by atoms with van der Waals surface area (Å²) in [5, 5.41) is 3.08. The minimum atomic E-state index is -0.483. The van der Waals surface area contributed by atoms with E-state index in [0.29, 0.717) is 0 Å². The zero-order valence-corrected chi connectivity index (χ0v) is 10.5. The molecule has 0 radical (unpaired) electrons. The minimum absolute atomic E-state index is 0.0546. The Balaban J connectivity index is 1.68. The Morgan fingerprint density at radius 1 is 0.944 bits per heavy atom. The normalized spacial score (nSPS) is 28.1. The van der Waals surface area contributed by atoms with Crippen LogP contribution in [0.5, 0.6) is 0 Å². The topological polar surface area (TPSA) is 12.0 Å². The molecule has 0 saturated heterocycles. The average molecular weight is 251 g/mol. The Morgan fingerprint density at radius 3 is 2.33 bits per heavy atom. The van der Waals surface area contributed by atoms with Crippen LogP contribution in [0.1, 0.15) is 38.5 Å². The second-order valence-electron chi connectivity index (χ2n) is 5.70. The molecule has 0 heterocycles. The maximum absolute atomic E-state index is 13.6. The summed E-state index contributed by atoms with van der Waals surface area (Å²) < 4.78 is 27.1. The van der Waals surface area contributed by atoms with E-state index in [9.17, 15) is 8.78 Å². The maximum atomic E-state index is 13.6. The molecular weight excluding hydrogens is 232 g/mol. The van der Waals surface area contributed by atoms with Gasteiger partial charge in [-0.1, -0.05) is 18.9 Å². The molecule has 2 atom stereocenters. The molecule has 2 aliphatic rings. The molecule has 3 heteroatoms. The van der Waals surface area contributed by atoms with Gasteiger partial charge in [-0.3, -0.25) is 0 Å². The van der Waals surface area contributed by atoms with Crippen molar-refractivity contribution < 1.29 is 8.78 Å². The molecule has 0 aliphatic heterocycles. The highest BCUT2D eigenvalue weighted by Gasteiger charge is 2.34. The molecule has 0 amide bonds. The van der Waals surface area contributed by atoms with Crippen molar-refractivity contribution in [3.63, 3.8) is 0 Å². The molecule has 0 spiro atoms. The summed E-state index contributed by atoms with van der Waals surface area (Å²) in [4.78, 5) is 0. The molecule has 2 saturated carbocycles. The first-order valence-electron chi connectivity index (χ1n) is 6.94. The number of benzene rings is 1. The fourth-order valence-electron chi connectivity index (χ4n) is 3.19. The van der Waals surface area contributed by atoms with Gasteiger partial charge in [-0.25, -0.2) is 8.78 Å². The van der Waals surface area contributed by atoms with Crippen molar-refractivity contribution in [3.8, 4) is 0 Å². The van der Waals surface area contributed by atoms with Crippen molar-refractivity contribution in [2.45, 2.75) is 44.6 Å². The van der Waals surface area contributed by atoms with Gasteiger partial charge < -0.3 is 5.32 Å². The number of anilines is 1. The maximum Gasteiger partial charge on any atom is 0.149 e. The second-order valence-corrected chi connectivity index (χ2v) is 5.70. The molecule has 3 rings (SSSR count). The molecule has 0 bridgehead atoms. The number of nitrogens with one attached hydrogen (secondary N) is 1. The van der Waals surface area contributed by atoms with Crippen LogP contribution in [0.4, 0.5) is 14.5 Å². The van der Waals surface area contributed by atoms with Crippen molar-refractivity contribution in [2.75, 3.05) is 5.32 Å². The number of halogens is 2. The Labute approximate surface area is 107 Å². The van der Waals surface area contributed by atoms with Gasteiger partial charge in [0, 0.05) is 6.04 Å². The van der Waals surface area contributed by atoms with Crippen molar-refractivity contribution in [1.82, 2.24) is 0 Å². The summed E-state index contributed by atoms with van der Waals surface area (Å²) in [6.45, 7) is 0. The second kappa shape index (κ2) is 4.87. The SMILES string of the molecule is Fc1cccc(F)c1NC1CCCC(C2CC2)C1. The molecular formula is C15H19F2N. The van der Waals surface area contributed by atoms with Gasteiger partial charge in [0.2, 0.25) is 0 Å². The van der Waals surface area contributed by atoms with Gasteiger partial charge in [-0.2, -0.15) is 0 Å². The van der Waals surface area contributed by atoms with E-state index >= 15 is 0 Å². The van der Waals surface area contributed by atoms with Crippen LogP contribution in [-0.2, 0) is 0 Å². The number of hydrogen-bond donors (Lipinski definition) is 1. The van der Waals surface area contributed by atoms with E-state index in [1.54, 1.807) is 0 Å². The Hall–Kier alpha value is -1.12. The highest BCUT2D eigenvalue weighted by molar-refractivity contribution is 5.46. The van der Waals surface area contributed by atoms with E-state index in [0.717, 1.165) is 24.7 Å². The lowest BCUT2D eigenvalue weighted by atomic mass is 9.82. The largest absolute Gasteiger partial charge is 0.378 e. The standard InChI is InChI=1S/C15H19F2N/c16-13-5-2-6-14(17)15(13)18-12-4-1-3-11(9-12)10-7-8-10/h2,5-6,10-12,18H,1,3-4,7-9H2. The third-order valence-electron chi connectivity index (χ3n) is 4.31. The summed E-state index contributed by atoms with van der Waals surface area (Å²) >= 11 is 0. The molecule has 2 fully saturated rings. The van der Waals surface area contributed by atoms with Crippen LogP contribution in [0.15, 0.2) is 18.2 Å². The Kier molecular flexibility index (Phi) is 3.23. The summed E-state index contributed by atoms with van der Waals surface area (Å²) in [6.07, 6.45) is 7.27. The van der Waals surface area contributed by atoms with Crippen molar-refractivity contribution in [2.24, 2.45) is 11.8 Å². The molecule has 2 aliphatic carbocycles. The fraction of sp³-hybridized carbons (Fsp3) is 0.600. The van der Waals surface area contributed by atoms with Gasteiger partial charge >= 0.3 is 0 Å². The summed E-state index contributed by atoms with van der Waals surface area (Å²) in [6, 6.07) is 4.26. The predicted molar refractivity (Wildman–Crippen MR) is 68.5 cm³/mol. The molecule has 1 aromatic carbocycles. The zero-order valence-electron chi connectivity index (χ0n) is 10.5. The summed E-state index contributed by atoms with van der Waals surface area (Å²) in [7, 11) is 0. The first-order chi connectivity index (χ1) is 8.74. The van der Waals surface area contributed by atoms with Crippen molar-refractivity contribution in [3.05, 3.63) is 29.8 Å². The van der Waals surface area contributed by atoms with Crippen LogP contribution in [0.3, 0.4) is 0 Å². The van der Waals surface area contributed by atoms with E-state index in [-0.39, 0.29) is 11.7 Å². The van der Waals surface area contributed by atoms with Crippen LogP contribution >= 0.6 is 0 Å². The summed E-state index contributed by atoms with van der Waals surface area (Å²) in [5.41, 5.74) is 0.0546. The van der Waals surface area contributed by atoms with Gasteiger partial charge in [0.15, 0.2) is 0 Å². The van der Waals surface area contributed by atoms with Crippen molar-refractivity contribution in [1.29, 1.82) is 0 Å². The highest BCUT2D eigenvalue weighted by atomic mass is 19.1. The minimum Gasteiger partial charge on any atom is -0.378 e. The number of para-hydroxylation sites is 1. The van der Waals surface area contributed by atoms with Crippen LogP contribution in [0, 0.1) is 23.5 Å². The lowest BCUT2D eigenvalue weighted by Gasteiger charge is -2.30. The van der Waals surface area contributed by atoms with Crippen LogP contribution in [0.2, 0.25) is 0 Å². The van der Waals surface area contributed by atoms with Crippen molar-refractivity contribution >= 4 is 5.69 Å². The Morgan fingerprint density at radius 2 is 1.67 bits per heavy atom. The van der Waals surface area contributed by atoms with E-state index in [4.69, 9.17) is 0 Å². The van der Waals surface area contributed by atoms with Crippen LogP contribution in [0.25, 0.3) is 0 Å². The van der Waals surface area contributed by atoms with Gasteiger partial charge in [0.25, 0.3) is 0 Å². The van der Waals surface area contributed by atoms with E-state index in [1.807, 2.05) is 0 Å². The summed E-state index contributed by atoms with van der Waals surface area (Å²) in [5.74, 6) is 0.693. The van der Waals surface area contributed by atoms with E-state index in [1.165, 1.54) is 43.9 Å². The smallest absolute Gasteiger partial charge is 0.149 e. The van der Waals surface area contributed by atoms with E-state index in [2.05, 4.69) is 5.32 Å². The van der Waals surface area contributed by atoms with Crippen LogP contribution in [-0.4, -0.2) is 6.04 Å². The Bertz CT molecular complexity index is 408. The lowest BCUT2D eigenvalue weighted by Crippen LogP contribution is -2.28. The monoisotopic (exact) mass is 251 g/mol. The molecule has 0 aromatic heterocycles. The highest BCUT2D eigenvalue weighted by Crippen LogP contribution is 2.44. The van der Waals surface area contributed by atoms with Gasteiger partial charge in [0.05, 0.1) is 0 Å². The lowest BCUT2D eigenvalue weighted by molar-refractivity contribution is 0.302. The molecule has 98 valence electrons. The quantitative estimate of drug-likeness (QED) is 0.842.